The molecule has 2 aromatic carbocycles. The number of ether oxygens (including phenoxy) is 1. The molecule has 0 saturated carbocycles. The lowest BCUT2D eigenvalue weighted by atomic mass is 10.3. The number of halogens is 1. The Hall–Kier alpha value is -3.32. The van der Waals surface area contributed by atoms with E-state index in [1.165, 1.54) is 24.3 Å². The average Bonchev–Trinajstić information content (AvgIpc) is 3.10. The molecule has 0 spiro atoms. The van der Waals surface area contributed by atoms with Crippen molar-refractivity contribution in [1.29, 1.82) is 0 Å². The molecular formula is C18H13ClN2O5. The summed E-state index contributed by atoms with van der Waals surface area (Å²) >= 11 is 5.96. The second-order valence-electron chi connectivity index (χ2n) is 5.25. The molecule has 1 heterocycles. The zero-order chi connectivity index (χ0) is 18.5. The maximum Gasteiger partial charge on any atom is 0.291 e. The third kappa shape index (κ3) is 4.20. The van der Waals surface area contributed by atoms with E-state index in [2.05, 4.69) is 5.32 Å². The number of para-hydroxylation sites is 1. The Kier molecular flexibility index (Phi) is 5.19. The predicted octanol–water partition coefficient (Wildman–Crippen LogP) is 4.67. The van der Waals surface area contributed by atoms with Crippen molar-refractivity contribution in [1.82, 2.24) is 0 Å². The summed E-state index contributed by atoms with van der Waals surface area (Å²) in [7, 11) is 0. The van der Waals surface area contributed by atoms with E-state index in [0.717, 1.165) is 0 Å². The van der Waals surface area contributed by atoms with Crippen LogP contribution in [0.4, 0.5) is 11.4 Å². The van der Waals surface area contributed by atoms with Gasteiger partial charge in [-0.05, 0) is 30.3 Å². The third-order valence-electron chi connectivity index (χ3n) is 3.41. The minimum absolute atomic E-state index is 0.0240. The first-order valence-electron chi connectivity index (χ1n) is 7.55. The maximum absolute atomic E-state index is 12.1. The Labute approximate surface area is 153 Å². The van der Waals surface area contributed by atoms with Gasteiger partial charge in [0, 0.05) is 17.8 Å². The van der Waals surface area contributed by atoms with E-state index in [-0.39, 0.29) is 34.7 Å². The SMILES string of the molecule is O=C(Nc1ccccc1)c1ccc(COc2ccc([N+](=O)[O-])cc2Cl)o1. The van der Waals surface area contributed by atoms with Gasteiger partial charge in [-0.1, -0.05) is 29.8 Å². The molecule has 0 fully saturated rings. The zero-order valence-corrected chi connectivity index (χ0v) is 14.1. The maximum atomic E-state index is 12.1. The van der Waals surface area contributed by atoms with Crippen LogP contribution in [-0.2, 0) is 6.61 Å². The topological polar surface area (TPSA) is 94.6 Å². The van der Waals surface area contributed by atoms with Crippen LogP contribution in [0, 0.1) is 10.1 Å². The van der Waals surface area contributed by atoms with Crippen LogP contribution in [0.5, 0.6) is 5.75 Å². The highest BCUT2D eigenvalue weighted by Gasteiger charge is 2.14. The Morgan fingerprint density at radius 1 is 1.15 bits per heavy atom. The second kappa shape index (κ2) is 7.71. The monoisotopic (exact) mass is 372 g/mol. The van der Waals surface area contributed by atoms with Crippen LogP contribution in [0.3, 0.4) is 0 Å². The molecule has 0 unspecified atom stereocenters. The summed E-state index contributed by atoms with van der Waals surface area (Å²) in [5, 5.41) is 13.5. The molecule has 0 radical (unpaired) electrons. The fraction of sp³-hybridized carbons (Fsp3) is 0.0556. The first-order valence-corrected chi connectivity index (χ1v) is 7.92. The van der Waals surface area contributed by atoms with Gasteiger partial charge in [0.2, 0.25) is 0 Å². The molecule has 1 aromatic heterocycles. The second-order valence-corrected chi connectivity index (χ2v) is 5.65. The Bertz CT molecular complexity index is 940. The van der Waals surface area contributed by atoms with E-state index in [0.29, 0.717) is 11.4 Å². The van der Waals surface area contributed by atoms with Gasteiger partial charge in [-0.15, -0.1) is 0 Å². The van der Waals surface area contributed by atoms with Gasteiger partial charge in [0.1, 0.15) is 18.1 Å². The Morgan fingerprint density at radius 2 is 1.92 bits per heavy atom. The summed E-state index contributed by atoms with van der Waals surface area (Å²) in [5.41, 5.74) is 0.532. The molecule has 0 bridgehead atoms. The van der Waals surface area contributed by atoms with Crippen LogP contribution >= 0.6 is 11.6 Å². The van der Waals surface area contributed by atoms with E-state index >= 15 is 0 Å². The normalized spacial score (nSPS) is 10.3. The number of rotatable bonds is 6. The lowest BCUT2D eigenvalue weighted by molar-refractivity contribution is -0.384. The summed E-state index contributed by atoms with van der Waals surface area (Å²) in [6.45, 7) is 0.0240. The van der Waals surface area contributed by atoms with Crippen LogP contribution < -0.4 is 10.1 Å². The van der Waals surface area contributed by atoms with Gasteiger partial charge in [-0.25, -0.2) is 0 Å². The van der Waals surface area contributed by atoms with Gasteiger partial charge >= 0.3 is 0 Å². The van der Waals surface area contributed by atoms with Crippen molar-refractivity contribution in [3.8, 4) is 5.75 Å². The molecular weight excluding hydrogens is 360 g/mol. The van der Waals surface area contributed by atoms with Crippen molar-refractivity contribution in [3.63, 3.8) is 0 Å². The van der Waals surface area contributed by atoms with Crippen LogP contribution in [0.25, 0.3) is 0 Å². The van der Waals surface area contributed by atoms with Gasteiger partial charge < -0.3 is 14.5 Å². The van der Waals surface area contributed by atoms with Crippen LogP contribution in [-0.4, -0.2) is 10.8 Å². The van der Waals surface area contributed by atoms with Gasteiger partial charge in [0.25, 0.3) is 11.6 Å². The number of benzene rings is 2. The Balaban J connectivity index is 1.62. The molecule has 8 heteroatoms. The number of anilines is 1. The Morgan fingerprint density at radius 3 is 2.62 bits per heavy atom. The minimum Gasteiger partial charge on any atom is -0.484 e. The highest BCUT2D eigenvalue weighted by molar-refractivity contribution is 6.32. The molecule has 0 atom stereocenters. The molecule has 26 heavy (non-hydrogen) atoms. The molecule has 0 saturated heterocycles. The summed E-state index contributed by atoms with van der Waals surface area (Å²) in [5.74, 6) is 0.458. The van der Waals surface area contributed by atoms with E-state index in [4.69, 9.17) is 20.8 Å². The predicted molar refractivity (Wildman–Crippen MR) is 95.5 cm³/mol. The summed E-state index contributed by atoms with van der Waals surface area (Å²) in [6, 6.07) is 16.1. The largest absolute Gasteiger partial charge is 0.484 e. The van der Waals surface area contributed by atoms with E-state index in [9.17, 15) is 14.9 Å². The summed E-state index contributed by atoms with van der Waals surface area (Å²) < 4.78 is 10.9. The molecule has 1 N–H and O–H groups in total. The quantitative estimate of drug-likeness (QED) is 0.501. The number of furan rings is 1. The number of carbonyl (C=O) groups excluding carboxylic acids is 1. The fourth-order valence-electron chi connectivity index (χ4n) is 2.16. The van der Waals surface area contributed by atoms with Gasteiger partial charge in [0.05, 0.1) is 9.95 Å². The summed E-state index contributed by atoms with van der Waals surface area (Å²) in [4.78, 5) is 22.3. The smallest absolute Gasteiger partial charge is 0.291 e. The van der Waals surface area contributed by atoms with Crippen molar-refractivity contribution >= 4 is 28.9 Å². The zero-order valence-electron chi connectivity index (χ0n) is 13.3. The number of nitro groups is 1. The number of non-ortho nitro benzene ring substituents is 1. The van der Waals surface area contributed by atoms with Crippen molar-refractivity contribution in [2.75, 3.05) is 5.32 Å². The molecule has 132 valence electrons. The molecule has 0 aliphatic rings. The number of hydrogen-bond donors (Lipinski definition) is 1. The van der Waals surface area contributed by atoms with Crippen molar-refractivity contribution < 1.29 is 18.9 Å². The first-order chi connectivity index (χ1) is 12.5. The number of nitrogens with zero attached hydrogens (tertiary/aromatic N) is 1. The van der Waals surface area contributed by atoms with Gasteiger partial charge in [-0.2, -0.15) is 0 Å². The number of carbonyl (C=O) groups is 1. The molecule has 1 amide bonds. The van der Waals surface area contributed by atoms with E-state index in [1.807, 2.05) is 18.2 Å². The first kappa shape index (κ1) is 17.5. The highest BCUT2D eigenvalue weighted by Crippen LogP contribution is 2.29. The van der Waals surface area contributed by atoms with Crippen molar-refractivity contribution in [2.45, 2.75) is 6.61 Å². The van der Waals surface area contributed by atoms with E-state index in [1.54, 1.807) is 18.2 Å². The molecule has 0 aliphatic heterocycles. The summed E-state index contributed by atoms with van der Waals surface area (Å²) in [6.07, 6.45) is 0. The molecule has 7 nitrogen and oxygen atoms in total. The van der Waals surface area contributed by atoms with E-state index < -0.39 is 4.92 Å². The minimum atomic E-state index is -0.542. The highest BCUT2D eigenvalue weighted by atomic mass is 35.5. The van der Waals surface area contributed by atoms with Gasteiger partial charge in [0.15, 0.2) is 5.76 Å². The van der Waals surface area contributed by atoms with Crippen molar-refractivity contribution in [2.24, 2.45) is 0 Å². The standard InChI is InChI=1S/C18H13ClN2O5/c19-15-10-13(21(23)24)6-8-16(15)25-11-14-7-9-17(26-14)18(22)20-12-4-2-1-3-5-12/h1-10H,11H2,(H,20,22). The van der Waals surface area contributed by atoms with Crippen LogP contribution in [0.1, 0.15) is 16.3 Å². The lowest BCUT2D eigenvalue weighted by Gasteiger charge is -2.06. The molecule has 0 aliphatic carbocycles. The average molecular weight is 373 g/mol. The number of nitrogens with one attached hydrogen (secondary N) is 1. The number of nitro benzene ring substituents is 1. The molecule has 3 aromatic rings. The third-order valence-corrected chi connectivity index (χ3v) is 3.71. The van der Waals surface area contributed by atoms with Crippen molar-refractivity contribution in [3.05, 3.63) is 87.3 Å². The fourth-order valence-corrected chi connectivity index (χ4v) is 2.39. The lowest BCUT2D eigenvalue weighted by Crippen LogP contribution is -2.10. The van der Waals surface area contributed by atoms with Crippen LogP contribution in [0.2, 0.25) is 5.02 Å². The number of hydrogen-bond acceptors (Lipinski definition) is 5. The van der Waals surface area contributed by atoms with Gasteiger partial charge in [-0.3, -0.25) is 14.9 Å². The van der Waals surface area contributed by atoms with Crippen LogP contribution in [0.15, 0.2) is 65.1 Å². The molecule has 3 rings (SSSR count). The number of amides is 1.